The Labute approximate surface area is 171 Å². The highest BCUT2D eigenvalue weighted by molar-refractivity contribution is 5.89. The summed E-state index contributed by atoms with van der Waals surface area (Å²) >= 11 is 0. The number of carbonyl (C=O) groups excluding carboxylic acids is 2. The normalized spacial score (nSPS) is 11.0. The van der Waals surface area contributed by atoms with E-state index >= 15 is 0 Å². The third kappa shape index (κ3) is 5.14. The van der Waals surface area contributed by atoms with Crippen LogP contribution < -0.4 is 0 Å². The van der Waals surface area contributed by atoms with Crippen molar-refractivity contribution in [1.82, 2.24) is 0 Å². The van der Waals surface area contributed by atoms with Gasteiger partial charge in [-0.05, 0) is 76.4 Å². The van der Waals surface area contributed by atoms with Crippen molar-refractivity contribution in [2.75, 3.05) is 0 Å². The Balaban J connectivity index is 1.93. The average Bonchev–Trinajstić information content (AvgIpc) is 2.69. The molecule has 0 radical (unpaired) electrons. The summed E-state index contributed by atoms with van der Waals surface area (Å²) in [6, 6.07) is 18.1. The summed E-state index contributed by atoms with van der Waals surface area (Å²) < 4.78 is 0. The Bertz CT molecular complexity index is 1120. The van der Waals surface area contributed by atoms with Crippen molar-refractivity contribution in [2.45, 2.75) is 40.0 Å². The van der Waals surface area contributed by atoms with Crippen LogP contribution in [0.25, 0.3) is 10.8 Å². The number of hydrogen-bond donors (Lipinski definition) is 0. The molecule has 0 amide bonds. The van der Waals surface area contributed by atoms with Gasteiger partial charge in [-0.25, -0.2) is 9.59 Å². The smallest absolute Gasteiger partial charge is 0.211 e. The molecule has 29 heavy (non-hydrogen) atoms. The predicted molar refractivity (Wildman–Crippen MR) is 117 cm³/mol. The standard InChI is InChI=1S/C25H24N2O2/c1-4-18-5-7-19(8-6-18)14-25(2,3)15-22-11-20-9-10-23(26-16-28)12-21(20)13-24(22)27-17-29/h5-13H,4,14-15H2,1-3H3. The van der Waals surface area contributed by atoms with Gasteiger partial charge in [0.1, 0.15) is 0 Å². The topological polar surface area (TPSA) is 58.9 Å². The molecule has 3 rings (SSSR count). The van der Waals surface area contributed by atoms with Gasteiger partial charge in [-0.3, -0.25) is 0 Å². The molecule has 0 bridgehead atoms. The number of aliphatic imine (C=N–C) groups is 2. The fraction of sp³-hybridized carbons (Fsp3) is 0.280. The van der Waals surface area contributed by atoms with Crippen molar-refractivity contribution < 1.29 is 9.59 Å². The van der Waals surface area contributed by atoms with E-state index in [4.69, 9.17) is 0 Å². The van der Waals surface area contributed by atoms with E-state index in [2.05, 4.69) is 61.1 Å². The number of isocyanates is 2. The fourth-order valence-corrected chi connectivity index (χ4v) is 3.76. The second-order valence-electron chi connectivity index (χ2n) is 8.11. The Morgan fingerprint density at radius 1 is 0.793 bits per heavy atom. The van der Waals surface area contributed by atoms with Gasteiger partial charge < -0.3 is 0 Å². The van der Waals surface area contributed by atoms with Crippen molar-refractivity contribution in [3.05, 3.63) is 71.3 Å². The van der Waals surface area contributed by atoms with Gasteiger partial charge in [0, 0.05) is 0 Å². The molecule has 0 atom stereocenters. The molecule has 0 spiro atoms. The van der Waals surface area contributed by atoms with Gasteiger partial charge in [-0.2, -0.15) is 9.98 Å². The Kier molecular flexibility index (Phi) is 6.19. The van der Waals surface area contributed by atoms with Crippen LogP contribution in [0, 0.1) is 5.41 Å². The van der Waals surface area contributed by atoms with Crippen LogP contribution >= 0.6 is 0 Å². The van der Waals surface area contributed by atoms with E-state index in [-0.39, 0.29) is 5.41 Å². The number of rotatable bonds is 7. The van der Waals surface area contributed by atoms with Crippen LogP contribution in [0.2, 0.25) is 0 Å². The van der Waals surface area contributed by atoms with Crippen LogP contribution in [0.5, 0.6) is 0 Å². The van der Waals surface area contributed by atoms with Crippen LogP contribution in [-0.2, 0) is 28.9 Å². The van der Waals surface area contributed by atoms with Crippen molar-refractivity contribution >= 4 is 34.3 Å². The summed E-state index contributed by atoms with van der Waals surface area (Å²) in [6.45, 7) is 6.60. The first-order valence-corrected chi connectivity index (χ1v) is 9.74. The number of nitrogens with zero attached hydrogens (tertiary/aromatic N) is 2. The zero-order valence-electron chi connectivity index (χ0n) is 17.0. The molecular weight excluding hydrogens is 360 g/mol. The van der Waals surface area contributed by atoms with Gasteiger partial charge in [0.05, 0.1) is 11.4 Å². The first kappa shape index (κ1) is 20.4. The molecule has 0 saturated carbocycles. The van der Waals surface area contributed by atoms with E-state index in [0.29, 0.717) is 11.4 Å². The number of hydrogen-bond acceptors (Lipinski definition) is 4. The van der Waals surface area contributed by atoms with Crippen LogP contribution in [-0.4, -0.2) is 12.2 Å². The molecule has 0 aliphatic carbocycles. The second kappa shape index (κ2) is 8.79. The maximum Gasteiger partial charge on any atom is 0.240 e. The lowest BCUT2D eigenvalue weighted by Crippen LogP contribution is -2.18. The number of benzene rings is 3. The minimum atomic E-state index is -0.0175. The lowest BCUT2D eigenvalue weighted by Gasteiger charge is -2.26. The van der Waals surface area contributed by atoms with Gasteiger partial charge >= 0.3 is 0 Å². The molecule has 0 unspecified atom stereocenters. The summed E-state index contributed by atoms with van der Waals surface area (Å²) in [5.74, 6) is 0. The molecule has 0 aromatic heterocycles. The van der Waals surface area contributed by atoms with Crippen LogP contribution in [0.4, 0.5) is 11.4 Å². The zero-order valence-corrected chi connectivity index (χ0v) is 17.0. The molecule has 0 aliphatic heterocycles. The highest BCUT2D eigenvalue weighted by Gasteiger charge is 2.21. The first-order chi connectivity index (χ1) is 13.9. The third-order valence-corrected chi connectivity index (χ3v) is 5.15. The average molecular weight is 384 g/mol. The van der Waals surface area contributed by atoms with E-state index in [0.717, 1.165) is 35.6 Å². The molecule has 4 heteroatoms. The number of fused-ring (bicyclic) bond motifs is 1. The molecule has 4 nitrogen and oxygen atoms in total. The molecule has 0 saturated heterocycles. The predicted octanol–water partition coefficient (Wildman–Crippen LogP) is 6.15. The van der Waals surface area contributed by atoms with E-state index in [1.807, 2.05) is 12.1 Å². The monoisotopic (exact) mass is 384 g/mol. The molecular formula is C25H24N2O2. The van der Waals surface area contributed by atoms with Crippen LogP contribution in [0.1, 0.15) is 37.5 Å². The van der Waals surface area contributed by atoms with E-state index < -0.39 is 0 Å². The summed E-state index contributed by atoms with van der Waals surface area (Å²) in [5, 5.41) is 1.88. The largest absolute Gasteiger partial charge is 0.240 e. The van der Waals surface area contributed by atoms with Gasteiger partial charge in [0.2, 0.25) is 12.2 Å². The molecule has 0 fully saturated rings. The Morgan fingerprint density at radius 3 is 2.14 bits per heavy atom. The van der Waals surface area contributed by atoms with E-state index in [1.54, 1.807) is 24.3 Å². The molecule has 0 aliphatic rings. The highest BCUT2D eigenvalue weighted by Crippen LogP contribution is 2.35. The Hall–Kier alpha value is -3.32. The maximum absolute atomic E-state index is 11.0. The van der Waals surface area contributed by atoms with Gasteiger partial charge in [0.15, 0.2) is 0 Å². The second-order valence-corrected chi connectivity index (χ2v) is 8.11. The maximum atomic E-state index is 11.0. The van der Waals surface area contributed by atoms with E-state index in [9.17, 15) is 9.59 Å². The molecule has 3 aromatic carbocycles. The highest BCUT2D eigenvalue weighted by atomic mass is 16.1. The lowest BCUT2D eigenvalue weighted by molar-refractivity contribution is 0.361. The minimum Gasteiger partial charge on any atom is -0.211 e. The van der Waals surface area contributed by atoms with Crippen molar-refractivity contribution in [2.24, 2.45) is 15.4 Å². The van der Waals surface area contributed by atoms with Gasteiger partial charge in [-0.15, -0.1) is 0 Å². The van der Waals surface area contributed by atoms with Crippen molar-refractivity contribution in [3.8, 4) is 0 Å². The third-order valence-electron chi connectivity index (χ3n) is 5.15. The van der Waals surface area contributed by atoms with Crippen LogP contribution in [0.15, 0.2) is 64.6 Å². The van der Waals surface area contributed by atoms with E-state index in [1.165, 1.54) is 11.1 Å². The molecule has 0 heterocycles. The fourth-order valence-electron chi connectivity index (χ4n) is 3.76. The van der Waals surface area contributed by atoms with Crippen molar-refractivity contribution in [1.29, 1.82) is 0 Å². The Morgan fingerprint density at radius 2 is 1.48 bits per heavy atom. The molecule has 3 aromatic rings. The lowest BCUT2D eigenvalue weighted by atomic mass is 9.79. The quantitative estimate of drug-likeness (QED) is 0.362. The minimum absolute atomic E-state index is 0.0175. The molecule has 146 valence electrons. The summed E-state index contributed by atoms with van der Waals surface area (Å²) in [6.07, 6.45) is 5.95. The summed E-state index contributed by atoms with van der Waals surface area (Å²) in [4.78, 5) is 29.1. The van der Waals surface area contributed by atoms with Gasteiger partial charge in [0.25, 0.3) is 0 Å². The number of aryl methyl sites for hydroxylation is 1. The summed E-state index contributed by atoms with van der Waals surface area (Å²) in [5.41, 5.74) is 4.75. The summed E-state index contributed by atoms with van der Waals surface area (Å²) in [7, 11) is 0. The van der Waals surface area contributed by atoms with Crippen LogP contribution in [0.3, 0.4) is 0 Å². The van der Waals surface area contributed by atoms with Gasteiger partial charge in [-0.1, -0.05) is 51.1 Å². The first-order valence-electron chi connectivity index (χ1n) is 9.74. The zero-order chi connectivity index (χ0) is 20.9. The van der Waals surface area contributed by atoms with Crippen molar-refractivity contribution in [3.63, 3.8) is 0 Å². The molecule has 0 N–H and O–H groups in total. The SMILES string of the molecule is CCc1ccc(CC(C)(C)Cc2cc3ccc(N=C=O)cc3cc2N=C=O)cc1.